The van der Waals surface area contributed by atoms with Gasteiger partial charge in [-0.3, -0.25) is 14.4 Å². The van der Waals surface area contributed by atoms with Crippen molar-refractivity contribution in [3.8, 4) is 5.75 Å². The van der Waals surface area contributed by atoms with Crippen LogP contribution in [0.3, 0.4) is 0 Å². The van der Waals surface area contributed by atoms with Crippen molar-refractivity contribution in [2.24, 2.45) is 5.92 Å². The fourth-order valence-electron chi connectivity index (χ4n) is 5.22. The molecule has 2 aromatic carbocycles. The van der Waals surface area contributed by atoms with Crippen LogP contribution in [0.15, 0.2) is 54.7 Å². The van der Waals surface area contributed by atoms with Crippen LogP contribution in [0.25, 0.3) is 0 Å². The second-order valence-electron chi connectivity index (χ2n) is 10.0. The van der Waals surface area contributed by atoms with Gasteiger partial charge in [0.25, 0.3) is 0 Å². The van der Waals surface area contributed by atoms with Crippen molar-refractivity contribution in [1.82, 2.24) is 15.0 Å². The summed E-state index contributed by atoms with van der Waals surface area (Å²) in [4.78, 5) is 13.5. The first-order valence-corrected chi connectivity index (χ1v) is 15.5. The SMILES string of the molecule is CO[C@@H]1c2cc(N(C=O)c3ccccc3)ccc2O[C@H](C(CCn2cc(CCO)nn2)[Si](C)(C)F)[C@H]1C. The van der Waals surface area contributed by atoms with Gasteiger partial charge in [0.2, 0.25) is 14.8 Å². The summed E-state index contributed by atoms with van der Waals surface area (Å²) in [5.74, 6) is 0.522. The summed E-state index contributed by atoms with van der Waals surface area (Å²) in [6, 6.07) is 15.0. The molecule has 0 saturated heterocycles. The lowest BCUT2D eigenvalue weighted by Gasteiger charge is -2.43. The van der Waals surface area contributed by atoms with Crippen molar-refractivity contribution >= 4 is 26.2 Å². The van der Waals surface area contributed by atoms with Crippen LogP contribution >= 0.6 is 0 Å². The number of aromatic nitrogens is 3. The number of para-hydroxylation sites is 1. The summed E-state index contributed by atoms with van der Waals surface area (Å²) in [7, 11) is -1.50. The highest BCUT2D eigenvalue weighted by molar-refractivity contribution is 6.72. The van der Waals surface area contributed by atoms with E-state index in [0.29, 0.717) is 36.5 Å². The molecule has 1 aromatic heterocycles. The van der Waals surface area contributed by atoms with Crippen molar-refractivity contribution in [2.75, 3.05) is 18.6 Å². The van der Waals surface area contributed by atoms with Gasteiger partial charge in [0.15, 0.2) is 0 Å². The molecule has 1 unspecified atom stereocenters. The number of nitrogens with zero attached hydrogens (tertiary/aromatic N) is 4. The number of ether oxygens (including phenoxy) is 2. The number of carbonyl (C=O) groups is 1. The number of aliphatic hydroxyl groups excluding tert-OH is 1. The number of rotatable bonds is 11. The summed E-state index contributed by atoms with van der Waals surface area (Å²) in [5, 5.41) is 17.3. The predicted octanol–water partition coefficient (Wildman–Crippen LogP) is 4.83. The van der Waals surface area contributed by atoms with Gasteiger partial charge in [-0.15, -0.1) is 5.10 Å². The largest absolute Gasteiger partial charge is 0.490 e. The zero-order chi connectivity index (χ0) is 26.6. The van der Waals surface area contributed by atoms with Gasteiger partial charge in [-0.1, -0.05) is 30.3 Å². The van der Waals surface area contributed by atoms with E-state index in [1.165, 1.54) is 0 Å². The van der Waals surface area contributed by atoms with Crippen LogP contribution in [0.4, 0.5) is 15.5 Å². The molecule has 0 fully saturated rings. The molecule has 37 heavy (non-hydrogen) atoms. The first-order chi connectivity index (χ1) is 17.8. The highest BCUT2D eigenvalue weighted by Gasteiger charge is 2.47. The molecule has 0 radical (unpaired) electrons. The lowest BCUT2D eigenvalue weighted by Crippen LogP contribution is -2.46. The van der Waals surface area contributed by atoms with Gasteiger partial charge in [0.05, 0.1) is 11.8 Å². The molecular formula is C27H35FN4O4Si. The third-order valence-electron chi connectivity index (χ3n) is 7.13. The number of hydrogen-bond acceptors (Lipinski definition) is 6. The van der Waals surface area contributed by atoms with Crippen molar-refractivity contribution in [1.29, 1.82) is 0 Å². The number of amides is 1. The van der Waals surface area contributed by atoms with Crippen LogP contribution in [0.2, 0.25) is 18.6 Å². The fourth-order valence-corrected chi connectivity index (χ4v) is 7.19. The average molecular weight is 527 g/mol. The maximum atomic E-state index is 15.7. The number of benzene rings is 2. The number of carbonyl (C=O) groups excluding carboxylic acids is 1. The van der Waals surface area contributed by atoms with E-state index in [4.69, 9.17) is 14.6 Å². The molecule has 1 aliphatic rings. The number of halogens is 1. The highest BCUT2D eigenvalue weighted by atomic mass is 28.4. The normalized spacial score (nSPS) is 20.1. The van der Waals surface area contributed by atoms with E-state index in [2.05, 4.69) is 10.3 Å². The zero-order valence-electron chi connectivity index (χ0n) is 21.8. The summed E-state index contributed by atoms with van der Waals surface area (Å²) in [6.45, 7) is 5.98. The Bertz CT molecular complexity index is 1190. The molecule has 0 saturated carbocycles. The fraction of sp³-hybridized carbons (Fsp3) is 0.444. The number of aliphatic hydroxyl groups is 1. The van der Waals surface area contributed by atoms with Gasteiger partial charge in [-0.2, -0.15) is 0 Å². The van der Waals surface area contributed by atoms with E-state index in [0.717, 1.165) is 17.7 Å². The lowest BCUT2D eigenvalue weighted by atomic mass is 9.86. The van der Waals surface area contributed by atoms with E-state index in [1.54, 1.807) is 36.0 Å². The van der Waals surface area contributed by atoms with Crippen LogP contribution < -0.4 is 9.64 Å². The third-order valence-corrected chi connectivity index (χ3v) is 9.51. The smallest absolute Gasteiger partial charge is 0.247 e. The standard InChI is InChI=1S/C27H35FN4O4Si/c1-19-26(35-2)23-16-22(32(18-34)21-8-6-5-7-9-21)10-11-24(23)36-27(19)25(37(3,4)28)12-14-31-17-20(13-15-33)29-30-31/h5-11,16-19,25-27,33H,12-15H2,1-4H3/t19-,25?,26-,27-/m0/s1. The average Bonchev–Trinajstić information content (AvgIpc) is 3.32. The van der Waals surface area contributed by atoms with Crippen molar-refractivity contribution < 1.29 is 23.5 Å². The first-order valence-electron chi connectivity index (χ1n) is 12.6. The molecule has 2 heterocycles. The quantitative estimate of drug-likeness (QED) is 0.219. The maximum Gasteiger partial charge on any atom is 0.247 e. The lowest BCUT2D eigenvalue weighted by molar-refractivity contribution is -0.106. The second kappa shape index (κ2) is 11.5. The molecule has 198 valence electrons. The Morgan fingerprint density at radius 3 is 2.65 bits per heavy atom. The summed E-state index contributed by atoms with van der Waals surface area (Å²) >= 11 is 0. The van der Waals surface area contributed by atoms with Crippen LogP contribution in [-0.2, 0) is 22.5 Å². The maximum absolute atomic E-state index is 15.7. The molecular weight excluding hydrogens is 491 g/mol. The van der Waals surface area contributed by atoms with E-state index in [-0.39, 0.29) is 30.3 Å². The second-order valence-corrected chi connectivity index (χ2v) is 13.9. The number of fused-ring (bicyclic) bond motifs is 1. The molecule has 4 atom stereocenters. The molecule has 3 aromatic rings. The molecule has 1 N–H and O–H groups in total. The minimum atomic E-state index is -3.16. The Balaban J connectivity index is 1.60. The molecule has 0 aliphatic carbocycles. The number of anilines is 2. The molecule has 1 aliphatic heterocycles. The molecule has 1 amide bonds. The Kier molecular flexibility index (Phi) is 8.41. The molecule has 8 nitrogen and oxygen atoms in total. The van der Waals surface area contributed by atoms with Crippen molar-refractivity contribution in [3.63, 3.8) is 0 Å². The van der Waals surface area contributed by atoms with Crippen LogP contribution in [0, 0.1) is 5.92 Å². The highest BCUT2D eigenvalue weighted by Crippen LogP contribution is 2.48. The van der Waals surface area contributed by atoms with Crippen LogP contribution in [0.1, 0.15) is 30.7 Å². The van der Waals surface area contributed by atoms with Crippen molar-refractivity contribution in [3.05, 3.63) is 66.0 Å². The van der Waals surface area contributed by atoms with Crippen LogP contribution in [-0.4, -0.2) is 54.7 Å². The number of hydrogen-bond donors (Lipinski definition) is 1. The Morgan fingerprint density at radius 1 is 1.24 bits per heavy atom. The summed E-state index contributed by atoms with van der Waals surface area (Å²) < 4.78 is 29.9. The van der Waals surface area contributed by atoms with Gasteiger partial charge < -0.3 is 18.7 Å². The first kappa shape index (κ1) is 27.0. The number of methoxy groups -OCH3 is 1. The van der Waals surface area contributed by atoms with E-state index in [9.17, 15) is 4.79 Å². The van der Waals surface area contributed by atoms with Gasteiger partial charge in [-0.25, -0.2) is 0 Å². The number of aryl methyl sites for hydroxylation is 1. The molecule has 10 heteroatoms. The van der Waals surface area contributed by atoms with E-state index < -0.39 is 8.41 Å². The van der Waals surface area contributed by atoms with Gasteiger partial charge in [0, 0.05) is 61.3 Å². The minimum Gasteiger partial charge on any atom is -0.490 e. The van der Waals surface area contributed by atoms with E-state index in [1.807, 2.05) is 55.5 Å². The Hall–Kier alpha value is -3.08. The van der Waals surface area contributed by atoms with E-state index >= 15 is 4.11 Å². The topological polar surface area (TPSA) is 89.7 Å². The molecule has 0 spiro atoms. The van der Waals surface area contributed by atoms with Gasteiger partial charge in [0.1, 0.15) is 11.9 Å². The van der Waals surface area contributed by atoms with Crippen molar-refractivity contribution in [2.45, 2.75) is 57.2 Å². The zero-order valence-corrected chi connectivity index (χ0v) is 22.8. The Labute approximate surface area is 218 Å². The minimum absolute atomic E-state index is 0.00859. The molecule has 0 bridgehead atoms. The third kappa shape index (κ3) is 5.92. The Morgan fingerprint density at radius 2 is 2.00 bits per heavy atom. The van der Waals surface area contributed by atoms with Crippen LogP contribution in [0.5, 0.6) is 5.75 Å². The summed E-state index contributed by atoms with van der Waals surface area (Å²) in [6.07, 6.45) is 2.87. The predicted molar refractivity (Wildman–Crippen MR) is 142 cm³/mol. The molecule has 4 rings (SSSR count). The summed E-state index contributed by atoms with van der Waals surface area (Å²) in [5.41, 5.74) is 2.71. The van der Waals surface area contributed by atoms with Gasteiger partial charge in [-0.05, 0) is 49.8 Å². The van der Waals surface area contributed by atoms with Gasteiger partial charge >= 0.3 is 0 Å². The monoisotopic (exact) mass is 526 g/mol.